The van der Waals surface area contributed by atoms with Crippen LogP contribution in [0.5, 0.6) is 28.7 Å². The Labute approximate surface area is 151 Å². The van der Waals surface area contributed by atoms with Gasteiger partial charge in [0.25, 0.3) is 5.91 Å². The molecule has 0 fully saturated rings. The first-order valence-electron chi connectivity index (χ1n) is 8.13. The van der Waals surface area contributed by atoms with E-state index in [9.17, 15) is 4.79 Å². The van der Waals surface area contributed by atoms with E-state index < -0.39 is 0 Å². The van der Waals surface area contributed by atoms with Crippen molar-refractivity contribution < 1.29 is 28.5 Å². The topological polar surface area (TPSA) is 75.3 Å². The molecule has 1 amide bonds. The number of carbonyl (C=O) groups is 1. The summed E-state index contributed by atoms with van der Waals surface area (Å²) in [6.45, 7) is 1.23. The molecule has 26 heavy (non-hydrogen) atoms. The van der Waals surface area contributed by atoms with E-state index in [0.717, 1.165) is 5.56 Å². The molecule has 0 unspecified atom stereocenters. The van der Waals surface area contributed by atoms with Crippen LogP contribution in [0, 0.1) is 0 Å². The van der Waals surface area contributed by atoms with Gasteiger partial charge in [-0.1, -0.05) is 6.07 Å². The van der Waals surface area contributed by atoms with Crippen molar-refractivity contribution in [3.63, 3.8) is 0 Å². The maximum atomic E-state index is 12.5. The Kier molecular flexibility index (Phi) is 5.36. The van der Waals surface area contributed by atoms with Crippen LogP contribution in [0.4, 0.5) is 0 Å². The van der Waals surface area contributed by atoms with E-state index in [-0.39, 0.29) is 5.91 Å². The molecule has 7 nitrogen and oxygen atoms in total. The van der Waals surface area contributed by atoms with Crippen molar-refractivity contribution in [3.05, 3.63) is 41.5 Å². The second-order valence-corrected chi connectivity index (χ2v) is 5.57. The van der Waals surface area contributed by atoms with Crippen molar-refractivity contribution in [1.29, 1.82) is 0 Å². The summed E-state index contributed by atoms with van der Waals surface area (Å²) >= 11 is 0. The maximum absolute atomic E-state index is 12.5. The summed E-state index contributed by atoms with van der Waals surface area (Å²) in [6.07, 6.45) is 0. The van der Waals surface area contributed by atoms with E-state index in [1.54, 1.807) is 32.4 Å². The summed E-state index contributed by atoms with van der Waals surface area (Å²) in [6, 6.07) is 8.78. The number of fused-ring (bicyclic) bond motifs is 1. The molecule has 0 atom stereocenters. The predicted molar refractivity (Wildman–Crippen MR) is 94.7 cm³/mol. The molecule has 0 bridgehead atoms. The van der Waals surface area contributed by atoms with Crippen molar-refractivity contribution in [1.82, 2.24) is 5.32 Å². The number of methoxy groups -OCH3 is 3. The third-order valence-electron chi connectivity index (χ3n) is 3.99. The first-order valence-corrected chi connectivity index (χ1v) is 8.13. The minimum Gasteiger partial charge on any atom is -0.493 e. The molecule has 1 aliphatic heterocycles. The van der Waals surface area contributed by atoms with Gasteiger partial charge in [-0.3, -0.25) is 4.79 Å². The number of benzene rings is 2. The predicted octanol–water partition coefficient (Wildman–Crippen LogP) is 2.41. The molecular weight excluding hydrogens is 338 g/mol. The monoisotopic (exact) mass is 359 g/mol. The zero-order valence-electron chi connectivity index (χ0n) is 15.0. The Morgan fingerprint density at radius 1 is 0.962 bits per heavy atom. The molecule has 2 aromatic rings. The fourth-order valence-electron chi connectivity index (χ4n) is 2.68. The highest BCUT2D eigenvalue weighted by Gasteiger charge is 2.20. The summed E-state index contributed by atoms with van der Waals surface area (Å²) in [5.41, 5.74) is 1.33. The molecule has 1 aliphatic rings. The van der Waals surface area contributed by atoms with Crippen LogP contribution in [0.3, 0.4) is 0 Å². The summed E-state index contributed by atoms with van der Waals surface area (Å²) in [4.78, 5) is 12.5. The molecule has 0 saturated heterocycles. The van der Waals surface area contributed by atoms with Crippen LogP contribution >= 0.6 is 0 Å². The normalized spacial score (nSPS) is 12.3. The Morgan fingerprint density at radius 2 is 1.69 bits per heavy atom. The first-order chi connectivity index (χ1) is 12.7. The van der Waals surface area contributed by atoms with E-state index in [0.29, 0.717) is 54.1 Å². The zero-order valence-corrected chi connectivity index (χ0v) is 15.0. The fraction of sp³-hybridized carbons (Fsp3) is 0.316. The van der Waals surface area contributed by atoms with Gasteiger partial charge in [-0.25, -0.2) is 0 Å². The second-order valence-electron chi connectivity index (χ2n) is 5.57. The van der Waals surface area contributed by atoms with Gasteiger partial charge in [0.15, 0.2) is 23.0 Å². The van der Waals surface area contributed by atoms with Gasteiger partial charge in [-0.15, -0.1) is 0 Å². The fourth-order valence-corrected chi connectivity index (χ4v) is 2.68. The highest BCUT2D eigenvalue weighted by atomic mass is 16.6. The Bertz CT molecular complexity index is 788. The van der Waals surface area contributed by atoms with Crippen molar-refractivity contribution in [2.75, 3.05) is 34.5 Å². The van der Waals surface area contributed by atoms with Gasteiger partial charge >= 0.3 is 0 Å². The SMILES string of the molecule is COc1ccc(CNC(=O)c2cc(OC)c3c(c2)OCCO3)cc1OC. The zero-order chi connectivity index (χ0) is 18.5. The number of hydrogen-bond acceptors (Lipinski definition) is 6. The lowest BCUT2D eigenvalue weighted by molar-refractivity contribution is 0.0949. The van der Waals surface area contributed by atoms with Gasteiger partial charge in [-0.2, -0.15) is 0 Å². The van der Waals surface area contributed by atoms with Crippen LogP contribution in [-0.4, -0.2) is 40.5 Å². The van der Waals surface area contributed by atoms with Gasteiger partial charge in [0, 0.05) is 12.1 Å². The molecule has 7 heteroatoms. The Morgan fingerprint density at radius 3 is 2.42 bits per heavy atom. The van der Waals surface area contributed by atoms with E-state index in [2.05, 4.69) is 5.32 Å². The van der Waals surface area contributed by atoms with E-state index in [4.69, 9.17) is 23.7 Å². The number of ether oxygens (including phenoxy) is 5. The summed E-state index contributed by atoms with van der Waals surface area (Å²) < 4.78 is 26.9. The molecule has 0 saturated carbocycles. The molecule has 138 valence electrons. The van der Waals surface area contributed by atoms with Gasteiger partial charge in [0.05, 0.1) is 21.3 Å². The molecule has 0 spiro atoms. The van der Waals surface area contributed by atoms with Crippen LogP contribution < -0.4 is 29.0 Å². The van der Waals surface area contributed by atoms with Gasteiger partial charge in [-0.05, 0) is 29.8 Å². The van der Waals surface area contributed by atoms with Gasteiger partial charge in [0.2, 0.25) is 5.75 Å². The number of amides is 1. The van der Waals surface area contributed by atoms with Crippen LogP contribution in [0.2, 0.25) is 0 Å². The summed E-state index contributed by atoms with van der Waals surface area (Å²) in [7, 11) is 4.68. The van der Waals surface area contributed by atoms with E-state index in [1.165, 1.54) is 7.11 Å². The standard InChI is InChI=1S/C19H21NO6/c1-22-14-5-4-12(8-15(14)23-2)11-20-19(21)13-9-16(24-3)18-17(10-13)25-6-7-26-18/h4-5,8-10H,6-7,11H2,1-3H3,(H,20,21). The maximum Gasteiger partial charge on any atom is 0.251 e. The van der Waals surface area contributed by atoms with E-state index >= 15 is 0 Å². The number of rotatable bonds is 6. The minimum atomic E-state index is -0.241. The highest BCUT2D eigenvalue weighted by Crippen LogP contribution is 2.40. The van der Waals surface area contributed by atoms with Crippen LogP contribution in [-0.2, 0) is 6.54 Å². The minimum absolute atomic E-state index is 0.241. The molecule has 1 heterocycles. The first kappa shape index (κ1) is 17.7. The van der Waals surface area contributed by atoms with Gasteiger partial charge < -0.3 is 29.0 Å². The Balaban J connectivity index is 1.74. The van der Waals surface area contributed by atoms with Crippen molar-refractivity contribution in [3.8, 4) is 28.7 Å². The average molecular weight is 359 g/mol. The molecule has 3 rings (SSSR count). The smallest absolute Gasteiger partial charge is 0.251 e. The number of nitrogens with one attached hydrogen (secondary N) is 1. The average Bonchev–Trinajstić information content (AvgIpc) is 2.70. The van der Waals surface area contributed by atoms with E-state index in [1.807, 2.05) is 12.1 Å². The largest absolute Gasteiger partial charge is 0.493 e. The number of carbonyl (C=O) groups excluding carboxylic acids is 1. The van der Waals surface area contributed by atoms with Crippen molar-refractivity contribution in [2.45, 2.75) is 6.54 Å². The van der Waals surface area contributed by atoms with Crippen molar-refractivity contribution >= 4 is 5.91 Å². The third-order valence-corrected chi connectivity index (χ3v) is 3.99. The lowest BCUT2D eigenvalue weighted by Crippen LogP contribution is -2.23. The molecule has 0 aromatic heterocycles. The number of hydrogen-bond donors (Lipinski definition) is 1. The molecule has 0 aliphatic carbocycles. The Hall–Kier alpha value is -3.09. The molecule has 1 N–H and O–H groups in total. The van der Waals surface area contributed by atoms with Crippen LogP contribution in [0.15, 0.2) is 30.3 Å². The second kappa shape index (κ2) is 7.86. The molecule has 0 radical (unpaired) electrons. The summed E-state index contributed by atoms with van der Waals surface area (Å²) in [5.74, 6) is 2.51. The highest BCUT2D eigenvalue weighted by molar-refractivity contribution is 5.95. The summed E-state index contributed by atoms with van der Waals surface area (Å²) in [5, 5.41) is 2.87. The third kappa shape index (κ3) is 3.61. The lowest BCUT2D eigenvalue weighted by atomic mass is 10.1. The molecule has 2 aromatic carbocycles. The molecular formula is C19H21NO6. The van der Waals surface area contributed by atoms with Gasteiger partial charge in [0.1, 0.15) is 13.2 Å². The van der Waals surface area contributed by atoms with Crippen molar-refractivity contribution in [2.24, 2.45) is 0 Å². The lowest BCUT2D eigenvalue weighted by Gasteiger charge is -2.21. The van der Waals surface area contributed by atoms with Crippen LogP contribution in [0.1, 0.15) is 15.9 Å². The quantitative estimate of drug-likeness (QED) is 0.854. The van der Waals surface area contributed by atoms with Crippen LogP contribution in [0.25, 0.3) is 0 Å².